The van der Waals surface area contributed by atoms with Gasteiger partial charge in [-0.2, -0.15) is 18.3 Å². The number of halogens is 3. The standard InChI is InChI=1S/C14H18F3N5/c15-14(16,17)9-19-11-1-3-12(4-2-11)22-13(5-6-20-22)21-8-7-18-10-21/h5-8,10-12,19H,1-4,9H2/t11-,12-. The van der Waals surface area contributed by atoms with Gasteiger partial charge in [0.25, 0.3) is 0 Å². The van der Waals surface area contributed by atoms with Gasteiger partial charge in [0.2, 0.25) is 0 Å². The van der Waals surface area contributed by atoms with Crippen LogP contribution in [0.15, 0.2) is 31.0 Å². The third kappa shape index (κ3) is 3.49. The van der Waals surface area contributed by atoms with E-state index in [9.17, 15) is 13.2 Å². The molecule has 2 heterocycles. The van der Waals surface area contributed by atoms with E-state index in [0.717, 1.165) is 31.5 Å². The van der Waals surface area contributed by atoms with E-state index in [1.165, 1.54) is 0 Å². The molecule has 1 N–H and O–H groups in total. The Hall–Kier alpha value is -1.83. The van der Waals surface area contributed by atoms with Crippen molar-refractivity contribution in [3.63, 3.8) is 0 Å². The van der Waals surface area contributed by atoms with Gasteiger partial charge < -0.3 is 5.32 Å². The van der Waals surface area contributed by atoms with E-state index in [1.807, 2.05) is 21.5 Å². The average molecular weight is 313 g/mol. The predicted molar refractivity (Wildman–Crippen MR) is 74.7 cm³/mol. The summed E-state index contributed by atoms with van der Waals surface area (Å²) >= 11 is 0. The van der Waals surface area contributed by atoms with Crippen LogP contribution in [-0.4, -0.2) is 38.1 Å². The average Bonchev–Trinajstić information content (AvgIpc) is 3.15. The van der Waals surface area contributed by atoms with Crippen LogP contribution in [0.1, 0.15) is 31.7 Å². The second-order valence-electron chi connectivity index (χ2n) is 5.61. The normalized spacial score (nSPS) is 22.9. The zero-order chi connectivity index (χ0) is 15.6. The molecule has 0 unspecified atom stereocenters. The van der Waals surface area contributed by atoms with Gasteiger partial charge in [-0.05, 0) is 25.7 Å². The van der Waals surface area contributed by atoms with E-state index in [2.05, 4.69) is 15.4 Å². The van der Waals surface area contributed by atoms with Crippen LogP contribution in [0.3, 0.4) is 0 Å². The number of nitrogens with one attached hydrogen (secondary N) is 1. The highest BCUT2D eigenvalue weighted by Crippen LogP contribution is 2.30. The first-order valence-electron chi connectivity index (χ1n) is 7.35. The Bertz CT molecular complexity index is 582. The zero-order valence-corrected chi connectivity index (χ0v) is 12.0. The van der Waals surface area contributed by atoms with Crippen LogP contribution in [0.25, 0.3) is 5.82 Å². The van der Waals surface area contributed by atoms with Gasteiger partial charge in [-0.3, -0.25) is 4.57 Å². The zero-order valence-electron chi connectivity index (χ0n) is 12.0. The molecule has 22 heavy (non-hydrogen) atoms. The van der Waals surface area contributed by atoms with Crippen LogP contribution in [-0.2, 0) is 0 Å². The lowest BCUT2D eigenvalue weighted by molar-refractivity contribution is -0.126. The molecule has 2 aromatic heterocycles. The molecule has 1 aliphatic rings. The summed E-state index contributed by atoms with van der Waals surface area (Å²) in [5, 5.41) is 6.97. The lowest BCUT2D eigenvalue weighted by Gasteiger charge is -2.30. The lowest BCUT2D eigenvalue weighted by Crippen LogP contribution is -2.39. The van der Waals surface area contributed by atoms with Gasteiger partial charge in [-0.25, -0.2) is 9.67 Å². The van der Waals surface area contributed by atoms with Gasteiger partial charge in [-0.1, -0.05) is 0 Å². The molecule has 120 valence electrons. The van der Waals surface area contributed by atoms with Crippen molar-refractivity contribution in [3.05, 3.63) is 31.0 Å². The van der Waals surface area contributed by atoms with E-state index < -0.39 is 12.7 Å². The monoisotopic (exact) mass is 313 g/mol. The minimum absolute atomic E-state index is 0.0647. The fourth-order valence-electron chi connectivity index (χ4n) is 2.97. The number of aromatic nitrogens is 4. The van der Waals surface area contributed by atoms with Crippen molar-refractivity contribution in [1.29, 1.82) is 0 Å². The Morgan fingerprint density at radius 1 is 1.18 bits per heavy atom. The molecule has 0 bridgehead atoms. The van der Waals surface area contributed by atoms with Gasteiger partial charge in [0.05, 0.1) is 18.8 Å². The number of nitrogens with zero attached hydrogens (tertiary/aromatic N) is 4. The summed E-state index contributed by atoms with van der Waals surface area (Å²) in [4.78, 5) is 4.03. The molecule has 0 saturated heterocycles. The maximum Gasteiger partial charge on any atom is 0.401 e. The maximum absolute atomic E-state index is 12.2. The van der Waals surface area contributed by atoms with Gasteiger partial charge >= 0.3 is 6.18 Å². The SMILES string of the molecule is FC(F)(F)CN[C@H]1CC[C@H](n2nccc2-n2ccnc2)CC1. The topological polar surface area (TPSA) is 47.7 Å². The third-order valence-electron chi connectivity index (χ3n) is 4.05. The summed E-state index contributed by atoms with van der Waals surface area (Å²) in [6.07, 6.45) is 5.95. The Balaban J connectivity index is 1.59. The first kappa shape index (κ1) is 15.1. The van der Waals surface area contributed by atoms with E-state index in [-0.39, 0.29) is 12.1 Å². The molecule has 8 heteroatoms. The van der Waals surface area contributed by atoms with Crippen molar-refractivity contribution in [2.75, 3.05) is 6.54 Å². The summed E-state index contributed by atoms with van der Waals surface area (Å²) in [6.45, 7) is -0.912. The molecule has 0 atom stereocenters. The molecule has 1 saturated carbocycles. The van der Waals surface area contributed by atoms with E-state index in [0.29, 0.717) is 0 Å². The van der Waals surface area contributed by atoms with Crippen LogP contribution < -0.4 is 5.32 Å². The van der Waals surface area contributed by atoms with Crippen LogP contribution in [0.4, 0.5) is 13.2 Å². The number of imidazole rings is 1. The van der Waals surface area contributed by atoms with E-state index in [4.69, 9.17) is 0 Å². The summed E-state index contributed by atoms with van der Waals surface area (Å²) in [5.74, 6) is 0.934. The highest BCUT2D eigenvalue weighted by Gasteiger charge is 2.30. The minimum atomic E-state index is -4.15. The fraction of sp³-hybridized carbons (Fsp3) is 0.571. The molecular weight excluding hydrogens is 295 g/mol. The van der Waals surface area contributed by atoms with E-state index in [1.54, 1.807) is 18.7 Å². The summed E-state index contributed by atoms with van der Waals surface area (Å²) in [6, 6.07) is 2.07. The largest absolute Gasteiger partial charge is 0.401 e. The van der Waals surface area contributed by atoms with Gasteiger partial charge in [0.1, 0.15) is 12.1 Å². The Kier molecular flexibility index (Phi) is 4.19. The molecule has 0 aliphatic heterocycles. The van der Waals surface area contributed by atoms with Gasteiger partial charge in [0.15, 0.2) is 0 Å². The van der Waals surface area contributed by atoms with Gasteiger partial charge in [0, 0.05) is 24.5 Å². The highest BCUT2D eigenvalue weighted by atomic mass is 19.4. The molecule has 1 aliphatic carbocycles. The Labute approximate surface area is 126 Å². The van der Waals surface area contributed by atoms with Crippen molar-refractivity contribution < 1.29 is 13.2 Å². The van der Waals surface area contributed by atoms with Crippen molar-refractivity contribution in [2.45, 2.75) is 43.9 Å². The molecular formula is C14H18F3N5. The molecule has 0 aromatic carbocycles. The van der Waals surface area contributed by atoms with Gasteiger partial charge in [-0.15, -0.1) is 0 Å². The molecule has 0 radical (unpaired) electrons. The molecule has 3 rings (SSSR count). The highest BCUT2D eigenvalue weighted by molar-refractivity contribution is 5.21. The molecule has 2 aromatic rings. The van der Waals surface area contributed by atoms with E-state index >= 15 is 0 Å². The number of rotatable bonds is 4. The smallest absolute Gasteiger partial charge is 0.306 e. The predicted octanol–water partition coefficient (Wildman–Crippen LogP) is 2.70. The van der Waals surface area contributed by atoms with Crippen molar-refractivity contribution in [3.8, 4) is 5.82 Å². The quantitative estimate of drug-likeness (QED) is 0.944. The Morgan fingerprint density at radius 3 is 2.59 bits per heavy atom. The summed E-state index contributed by atoms with van der Waals surface area (Å²) < 4.78 is 40.5. The third-order valence-corrected chi connectivity index (χ3v) is 4.05. The first-order valence-corrected chi connectivity index (χ1v) is 7.35. The second kappa shape index (κ2) is 6.12. The van der Waals surface area contributed by atoms with Crippen molar-refractivity contribution in [1.82, 2.24) is 24.6 Å². The Morgan fingerprint density at radius 2 is 1.95 bits per heavy atom. The van der Waals surface area contributed by atoms with Crippen LogP contribution in [0, 0.1) is 0 Å². The van der Waals surface area contributed by atoms with Crippen molar-refractivity contribution in [2.24, 2.45) is 0 Å². The molecule has 5 nitrogen and oxygen atoms in total. The minimum Gasteiger partial charge on any atom is -0.306 e. The number of hydrogen-bond donors (Lipinski definition) is 1. The second-order valence-corrected chi connectivity index (χ2v) is 5.61. The summed E-state index contributed by atoms with van der Waals surface area (Å²) in [7, 11) is 0. The lowest BCUT2D eigenvalue weighted by atomic mass is 9.91. The van der Waals surface area contributed by atoms with Crippen LogP contribution >= 0.6 is 0 Å². The van der Waals surface area contributed by atoms with Crippen LogP contribution in [0.2, 0.25) is 0 Å². The fourth-order valence-corrected chi connectivity index (χ4v) is 2.97. The number of alkyl halides is 3. The van der Waals surface area contributed by atoms with Crippen molar-refractivity contribution >= 4 is 0 Å². The molecule has 0 amide bonds. The van der Waals surface area contributed by atoms with Crippen LogP contribution in [0.5, 0.6) is 0 Å². The molecule has 0 spiro atoms. The maximum atomic E-state index is 12.2. The molecule has 1 fully saturated rings. The first-order chi connectivity index (χ1) is 10.5. The summed E-state index contributed by atoms with van der Waals surface area (Å²) in [5.41, 5.74) is 0. The number of hydrogen-bond acceptors (Lipinski definition) is 3.